The number of benzene rings is 2. The first-order chi connectivity index (χ1) is 22.3. The van der Waals surface area contributed by atoms with E-state index in [2.05, 4.69) is 32.1 Å². The Bertz CT molecular complexity index is 1770. The Balaban J connectivity index is 0.000000189. The first kappa shape index (κ1) is 33.4. The van der Waals surface area contributed by atoms with Gasteiger partial charge in [-0.15, -0.1) is 0 Å². The van der Waals surface area contributed by atoms with Crippen molar-refractivity contribution in [2.75, 3.05) is 19.7 Å². The lowest BCUT2D eigenvalue weighted by Gasteiger charge is -2.38. The topological polar surface area (TPSA) is 167 Å². The van der Waals surface area contributed by atoms with E-state index in [4.69, 9.17) is 5.73 Å². The molecule has 4 aromatic rings. The van der Waals surface area contributed by atoms with Crippen molar-refractivity contribution in [3.05, 3.63) is 59.9 Å². The van der Waals surface area contributed by atoms with Crippen molar-refractivity contribution in [1.82, 2.24) is 30.2 Å². The second kappa shape index (κ2) is 13.8. The number of hydrogen-bond acceptors (Lipinski definition) is 7. The lowest BCUT2D eigenvalue weighted by atomic mass is 9.89. The molecule has 0 bridgehead atoms. The summed E-state index contributed by atoms with van der Waals surface area (Å²) in [6, 6.07) is 11.0. The number of ether oxygens (including phenoxy) is 1. The van der Waals surface area contributed by atoms with Gasteiger partial charge >= 0.3 is 29.9 Å². The summed E-state index contributed by atoms with van der Waals surface area (Å²) in [5.74, 6) is -3.49. The van der Waals surface area contributed by atoms with Crippen molar-refractivity contribution in [3.63, 3.8) is 0 Å². The Morgan fingerprint density at radius 2 is 1.28 bits per heavy atom. The molecular weight excluding hydrogens is 619 g/mol. The molecular formula is C32H36F3N7O5. The van der Waals surface area contributed by atoms with Gasteiger partial charge in [-0.05, 0) is 72.9 Å². The van der Waals surface area contributed by atoms with Gasteiger partial charge in [-0.1, -0.05) is 26.0 Å². The molecule has 2 aliphatic heterocycles. The highest BCUT2D eigenvalue weighted by molar-refractivity contribution is 6.34. The lowest BCUT2D eigenvalue weighted by Crippen LogP contribution is -2.46. The van der Waals surface area contributed by atoms with Crippen LogP contribution in [0, 0.1) is 11.8 Å². The number of nitrogens with one attached hydrogen (secondary N) is 2. The Kier molecular flexibility index (Phi) is 9.82. The molecule has 2 saturated heterocycles. The second-order valence-electron chi connectivity index (χ2n) is 12.3. The maximum atomic E-state index is 12.4. The van der Waals surface area contributed by atoms with Crippen LogP contribution in [0.15, 0.2) is 48.8 Å². The van der Waals surface area contributed by atoms with Gasteiger partial charge in [0.2, 0.25) is 0 Å². The number of alkyl halides is 3. The average Bonchev–Trinajstić information content (AvgIpc) is 3.71. The SMILES string of the molecule is C[C@H]1CC[C@H](c2ccc3[nH]ncc3c2)N(C(=O)C(=O)OCC(F)(F)F)C1.C[C@H]1CC[C@H](c2ccc3[nH]ncc3c2)N(C(=O)C(N)=O)C1. The number of amides is 3. The number of primary amides is 1. The Hall–Kier alpha value is -4.95. The number of rotatable bonds is 3. The monoisotopic (exact) mass is 655 g/mol. The predicted octanol–water partition coefficient (Wildman–Crippen LogP) is 4.32. The Labute approximate surface area is 267 Å². The Morgan fingerprint density at radius 1 is 0.809 bits per heavy atom. The van der Waals surface area contributed by atoms with Gasteiger partial charge in [0.1, 0.15) is 0 Å². The molecule has 2 aliphatic rings. The summed E-state index contributed by atoms with van der Waals surface area (Å²) >= 11 is 0. The van der Waals surface area contributed by atoms with Gasteiger partial charge in [-0.25, -0.2) is 4.79 Å². The molecule has 0 unspecified atom stereocenters. The summed E-state index contributed by atoms with van der Waals surface area (Å²) in [6.45, 7) is 3.09. The van der Waals surface area contributed by atoms with Gasteiger partial charge in [0.25, 0.3) is 0 Å². The molecule has 2 aromatic heterocycles. The number of likely N-dealkylation sites (tertiary alicyclic amines) is 2. The van der Waals surface area contributed by atoms with Crippen LogP contribution >= 0.6 is 0 Å². The molecule has 2 aromatic carbocycles. The van der Waals surface area contributed by atoms with Crippen molar-refractivity contribution in [3.8, 4) is 0 Å². The Morgan fingerprint density at radius 3 is 1.72 bits per heavy atom. The molecule has 0 saturated carbocycles. The van der Waals surface area contributed by atoms with E-state index in [0.29, 0.717) is 18.9 Å². The van der Waals surface area contributed by atoms with Crippen LogP contribution in [0.25, 0.3) is 21.8 Å². The molecule has 3 amide bonds. The molecule has 47 heavy (non-hydrogen) atoms. The fourth-order valence-electron chi connectivity index (χ4n) is 6.25. The van der Waals surface area contributed by atoms with Gasteiger partial charge in [-0.3, -0.25) is 24.6 Å². The molecule has 12 nitrogen and oxygen atoms in total. The minimum Gasteiger partial charge on any atom is -0.449 e. The molecule has 0 aliphatic carbocycles. The van der Waals surface area contributed by atoms with Crippen molar-refractivity contribution in [1.29, 1.82) is 0 Å². The third kappa shape index (κ3) is 7.89. The molecule has 250 valence electrons. The average molecular weight is 656 g/mol. The van der Waals surface area contributed by atoms with E-state index in [1.807, 2.05) is 43.3 Å². The summed E-state index contributed by atoms with van der Waals surface area (Å²) in [5.41, 5.74) is 8.80. The standard InChI is InChI=1S/C17H18F3N3O3.C15H18N4O2/c1-10-2-5-14(11-3-4-13-12(6-11)7-21-22-13)23(8-10)15(24)16(25)26-9-17(18,19)20;1-9-2-5-13(19(8-9)15(21)14(16)20)10-3-4-12-11(6-10)7-17-18-12/h3-4,6-7,10,14H,2,5,8-9H2,1H3,(H,21,22);3-4,6-7,9,13H,2,5,8H2,1H3,(H2,16,20)(H,17,18)/t10-,14+;9-,13+/m00/s1. The largest absolute Gasteiger partial charge is 0.449 e. The fourth-order valence-corrected chi connectivity index (χ4v) is 6.25. The number of halogens is 3. The maximum Gasteiger partial charge on any atom is 0.422 e. The number of aromatic amines is 2. The highest BCUT2D eigenvalue weighted by Gasteiger charge is 2.38. The number of hydrogen-bond donors (Lipinski definition) is 3. The number of esters is 1. The quantitative estimate of drug-likeness (QED) is 0.218. The van der Waals surface area contributed by atoms with Gasteiger partial charge in [0.05, 0.1) is 35.5 Å². The smallest absolute Gasteiger partial charge is 0.422 e. The summed E-state index contributed by atoms with van der Waals surface area (Å²) in [6.07, 6.45) is 2.05. The molecule has 4 atom stereocenters. The lowest BCUT2D eigenvalue weighted by molar-refractivity contribution is -0.190. The van der Waals surface area contributed by atoms with Crippen LogP contribution < -0.4 is 5.73 Å². The molecule has 6 rings (SSSR count). The van der Waals surface area contributed by atoms with Crippen molar-refractivity contribution in [2.24, 2.45) is 17.6 Å². The van der Waals surface area contributed by atoms with Crippen molar-refractivity contribution < 1.29 is 37.1 Å². The van der Waals surface area contributed by atoms with Crippen LogP contribution in [0.4, 0.5) is 13.2 Å². The third-order valence-electron chi connectivity index (χ3n) is 8.61. The van der Waals surface area contributed by atoms with Crippen molar-refractivity contribution >= 4 is 45.5 Å². The number of aromatic nitrogens is 4. The van der Waals surface area contributed by atoms with Gasteiger partial charge in [0, 0.05) is 23.9 Å². The highest BCUT2D eigenvalue weighted by Crippen LogP contribution is 2.36. The van der Waals surface area contributed by atoms with Crippen LogP contribution in [-0.4, -0.2) is 79.8 Å². The van der Waals surface area contributed by atoms with E-state index in [1.54, 1.807) is 17.3 Å². The first-order valence-electron chi connectivity index (χ1n) is 15.3. The number of nitrogens with zero attached hydrogens (tertiary/aromatic N) is 4. The normalized spacial score (nSPS) is 21.6. The molecule has 0 radical (unpaired) electrons. The van der Waals surface area contributed by atoms with Crippen LogP contribution in [0.2, 0.25) is 0 Å². The second-order valence-corrected chi connectivity index (χ2v) is 12.3. The first-order valence-corrected chi connectivity index (χ1v) is 15.3. The zero-order valence-electron chi connectivity index (χ0n) is 25.9. The number of fused-ring (bicyclic) bond motifs is 2. The highest BCUT2D eigenvalue weighted by atomic mass is 19.4. The number of piperidine rings is 2. The summed E-state index contributed by atoms with van der Waals surface area (Å²) in [7, 11) is 0. The van der Waals surface area contributed by atoms with Crippen LogP contribution in [0.3, 0.4) is 0 Å². The third-order valence-corrected chi connectivity index (χ3v) is 8.61. The molecule has 4 heterocycles. The molecule has 4 N–H and O–H groups in total. The zero-order chi connectivity index (χ0) is 33.9. The van der Waals surface area contributed by atoms with E-state index in [0.717, 1.165) is 52.2 Å². The van der Waals surface area contributed by atoms with E-state index in [-0.39, 0.29) is 18.5 Å². The summed E-state index contributed by atoms with van der Waals surface area (Å²) in [5, 5.41) is 15.5. The number of carbonyl (C=O) groups is 4. The maximum absolute atomic E-state index is 12.4. The minimum atomic E-state index is -4.67. The van der Waals surface area contributed by atoms with Crippen molar-refractivity contribution in [2.45, 2.75) is 57.8 Å². The minimum absolute atomic E-state index is 0.0968. The summed E-state index contributed by atoms with van der Waals surface area (Å²) in [4.78, 5) is 50.5. The van der Waals surface area contributed by atoms with Crippen LogP contribution in [0.1, 0.15) is 62.7 Å². The molecule has 2 fully saturated rings. The number of carbonyl (C=O) groups excluding carboxylic acids is 4. The van der Waals surface area contributed by atoms with E-state index in [1.165, 1.54) is 4.90 Å². The van der Waals surface area contributed by atoms with Crippen LogP contribution in [-0.2, 0) is 23.9 Å². The molecule has 15 heteroatoms. The van der Waals surface area contributed by atoms with E-state index in [9.17, 15) is 32.3 Å². The number of nitrogens with two attached hydrogens (primary N) is 1. The van der Waals surface area contributed by atoms with E-state index >= 15 is 0 Å². The van der Waals surface area contributed by atoms with Crippen LogP contribution in [0.5, 0.6) is 0 Å². The van der Waals surface area contributed by atoms with Gasteiger partial charge < -0.3 is 20.3 Å². The zero-order valence-corrected chi connectivity index (χ0v) is 25.9. The van der Waals surface area contributed by atoms with Gasteiger partial charge in [0.15, 0.2) is 6.61 Å². The van der Waals surface area contributed by atoms with E-state index < -0.39 is 42.5 Å². The van der Waals surface area contributed by atoms with Gasteiger partial charge in [-0.2, -0.15) is 23.4 Å². The number of H-pyrrole nitrogens is 2. The predicted molar refractivity (Wildman–Crippen MR) is 164 cm³/mol. The summed E-state index contributed by atoms with van der Waals surface area (Å²) < 4.78 is 40.8. The fraction of sp³-hybridized carbons (Fsp3) is 0.438. The molecule has 0 spiro atoms.